The first-order chi connectivity index (χ1) is 7.88. The maximum absolute atomic E-state index is 12.2. The van der Waals surface area contributed by atoms with Gasteiger partial charge in [0, 0.05) is 6.54 Å². The minimum absolute atomic E-state index is 0.0392. The summed E-state index contributed by atoms with van der Waals surface area (Å²) in [5.74, 6) is 0.0392. The summed E-state index contributed by atoms with van der Waals surface area (Å²) in [6, 6.07) is 4.92. The van der Waals surface area contributed by atoms with E-state index in [4.69, 9.17) is 17.3 Å². The summed E-state index contributed by atoms with van der Waals surface area (Å²) in [6.45, 7) is -0.282. The molecule has 0 bridgehead atoms. The van der Waals surface area contributed by atoms with Crippen LogP contribution in [0.5, 0.6) is 0 Å². The lowest BCUT2D eigenvalue weighted by atomic mass is 10.3. The van der Waals surface area contributed by atoms with E-state index < -0.39 is 12.6 Å². The highest BCUT2D eigenvalue weighted by Gasteiger charge is 2.27. The number of alkyl halides is 3. The Morgan fingerprint density at radius 3 is 2.71 bits per heavy atom. The second-order valence-corrected chi connectivity index (χ2v) is 4.00. The Hall–Kier alpha value is -1.43. The fraction of sp³-hybridized carbons (Fsp3) is 0.300. The monoisotopic (exact) mass is 263 g/mol. The Balaban J connectivity index is 2.42. The molecule has 0 spiro atoms. The largest absolute Gasteiger partial charge is 0.390 e. The predicted molar refractivity (Wildman–Crippen MR) is 59.8 cm³/mol. The quantitative estimate of drug-likeness (QED) is 0.904. The number of aromatic nitrogens is 2. The van der Waals surface area contributed by atoms with Crippen molar-refractivity contribution in [2.24, 2.45) is 0 Å². The Morgan fingerprint density at radius 1 is 1.35 bits per heavy atom. The molecule has 0 amide bonds. The first-order valence-electron chi connectivity index (χ1n) is 4.85. The first kappa shape index (κ1) is 12.0. The van der Waals surface area contributed by atoms with Crippen molar-refractivity contribution >= 4 is 28.6 Å². The van der Waals surface area contributed by atoms with Gasteiger partial charge in [-0.3, -0.25) is 0 Å². The molecule has 0 aliphatic carbocycles. The fourth-order valence-corrected chi connectivity index (χ4v) is 1.90. The summed E-state index contributed by atoms with van der Waals surface area (Å²) in [5, 5.41) is 0.342. The lowest BCUT2D eigenvalue weighted by Crippen LogP contribution is -2.13. The van der Waals surface area contributed by atoms with E-state index in [0.717, 1.165) is 0 Å². The third-order valence-corrected chi connectivity index (χ3v) is 2.67. The Bertz CT molecular complexity index is 547. The van der Waals surface area contributed by atoms with Crippen LogP contribution in [0.2, 0.25) is 5.02 Å². The lowest BCUT2D eigenvalue weighted by molar-refractivity contribution is -0.136. The molecule has 0 radical (unpaired) electrons. The van der Waals surface area contributed by atoms with Crippen LogP contribution in [0.15, 0.2) is 18.2 Å². The van der Waals surface area contributed by atoms with Gasteiger partial charge in [-0.1, -0.05) is 17.7 Å². The van der Waals surface area contributed by atoms with Gasteiger partial charge in [0.2, 0.25) is 5.95 Å². The molecular weight excluding hydrogens is 255 g/mol. The zero-order valence-electron chi connectivity index (χ0n) is 8.63. The minimum atomic E-state index is -4.23. The highest BCUT2D eigenvalue weighted by molar-refractivity contribution is 6.35. The van der Waals surface area contributed by atoms with Crippen molar-refractivity contribution in [3.05, 3.63) is 23.2 Å². The molecule has 2 rings (SSSR count). The van der Waals surface area contributed by atoms with Crippen molar-refractivity contribution in [3.8, 4) is 0 Å². The number of halogens is 4. The summed E-state index contributed by atoms with van der Waals surface area (Å²) in [5.41, 5.74) is 6.52. The molecular formula is C10H9ClF3N3. The third-order valence-electron chi connectivity index (χ3n) is 2.37. The topological polar surface area (TPSA) is 43.8 Å². The van der Waals surface area contributed by atoms with E-state index in [0.29, 0.717) is 16.1 Å². The number of nitrogen functional groups attached to an aromatic ring is 1. The standard InChI is InChI=1S/C10H9ClF3N3/c11-6-2-1-3-7-8(6)17(9(15)16-7)5-4-10(12,13)14/h1-3H,4-5H2,(H2,15,16). The smallest absolute Gasteiger partial charge is 0.369 e. The van der Waals surface area contributed by atoms with E-state index in [1.54, 1.807) is 18.2 Å². The van der Waals surface area contributed by atoms with Gasteiger partial charge >= 0.3 is 6.18 Å². The van der Waals surface area contributed by atoms with Crippen molar-refractivity contribution in [2.45, 2.75) is 19.1 Å². The van der Waals surface area contributed by atoms with Gasteiger partial charge in [0.05, 0.1) is 22.5 Å². The van der Waals surface area contributed by atoms with E-state index in [-0.39, 0.29) is 12.5 Å². The van der Waals surface area contributed by atoms with Gasteiger partial charge in [-0.2, -0.15) is 13.2 Å². The molecule has 0 aliphatic heterocycles. The highest BCUT2D eigenvalue weighted by Crippen LogP contribution is 2.28. The summed E-state index contributed by atoms with van der Waals surface area (Å²) >= 11 is 5.93. The van der Waals surface area contributed by atoms with Gasteiger partial charge in [0.1, 0.15) is 0 Å². The number of imidazole rings is 1. The zero-order valence-corrected chi connectivity index (χ0v) is 9.39. The normalized spacial score (nSPS) is 12.2. The molecule has 7 heteroatoms. The Morgan fingerprint density at radius 2 is 2.06 bits per heavy atom. The summed E-state index contributed by atoms with van der Waals surface area (Å²) in [4.78, 5) is 3.96. The van der Waals surface area contributed by atoms with Crippen molar-refractivity contribution in [1.82, 2.24) is 9.55 Å². The molecule has 3 nitrogen and oxygen atoms in total. The molecule has 0 saturated carbocycles. The number of anilines is 1. The molecule has 0 fully saturated rings. The molecule has 0 atom stereocenters. The molecule has 1 aromatic carbocycles. The fourth-order valence-electron chi connectivity index (χ4n) is 1.62. The van der Waals surface area contributed by atoms with Crippen LogP contribution < -0.4 is 5.73 Å². The van der Waals surface area contributed by atoms with Crippen molar-refractivity contribution in [2.75, 3.05) is 5.73 Å². The molecule has 2 N–H and O–H groups in total. The van der Waals surface area contributed by atoms with Gasteiger partial charge in [0.25, 0.3) is 0 Å². The Labute approximate surface area is 100.0 Å². The molecule has 17 heavy (non-hydrogen) atoms. The second kappa shape index (κ2) is 4.10. The van der Waals surface area contributed by atoms with E-state index in [1.807, 2.05) is 0 Å². The molecule has 0 saturated heterocycles. The van der Waals surface area contributed by atoms with Crippen LogP contribution in [-0.2, 0) is 6.54 Å². The summed E-state index contributed by atoms with van der Waals surface area (Å²) < 4.78 is 37.8. The number of hydrogen-bond donors (Lipinski definition) is 1. The number of hydrogen-bond acceptors (Lipinski definition) is 2. The number of para-hydroxylation sites is 1. The molecule has 0 unspecified atom stereocenters. The number of benzene rings is 1. The molecule has 0 aliphatic rings. The maximum atomic E-state index is 12.2. The number of rotatable bonds is 2. The SMILES string of the molecule is Nc1nc2cccc(Cl)c2n1CCC(F)(F)F. The van der Waals surface area contributed by atoms with E-state index in [1.165, 1.54) is 4.57 Å². The predicted octanol–water partition coefficient (Wildman–Crippen LogP) is 3.22. The van der Waals surface area contributed by atoms with Crippen LogP contribution in [0.25, 0.3) is 11.0 Å². The van der Waals surface area contributed by atoms with Crippen LogP contribution in [0.3, 0.4) is 0 Å². The first-order valence-corrected chi connectivity index (χ1v) is 5.23. The third kappa shape index (κ3) is 2.46. The van der Waals surface area contributed by atoms with Gasteiger partial charge in [-0.05, 0) is 12.1 Å². The average Bonchev–Trinajstić information content (AvgIpc) is 2.51. The molecule has 1 aromatic heterocycles. The highest BCUT2D eigenvalue weighted by atomic mass is 35.5. The van der Waals surface area contributed by atoms with Crippen LogP contribution in [-0.4, -0.2) is 15.7 Å². The maximum Gasteiger partial charge on any atom is 0.390 e. The van der Waals surface area contributed by atoms with Crippen molar-refractivity contribution in [1.29, 1.82) is 0 Å². The van der Waals surface area contributed by atoms with Crippen LogP contribution in [0, 0.1) is 0 Å². The van der Waals surface area contributed by atoms with Gasteiger partial charge in [0.15, 0.2) is 0 Å². The Kier molecular flexibility index (Phi) is 2.91. The number of fused-ring (bicyclic) bond motifs is 1. The van der Waals surface area contributed by atoms with Crippen LogP contribution in [0.4, 0.5) is 19.1 Å². The van der Waals surface area contributed by atoms with E-state index in [2.05, 4.69) is 4.98 Å². The van der Waals surface area contributed by atoms with Crippen molar-refractivity contribution < 1.29 is 13.2 Å². The second-order valence-electron chi connectivity index (χ2n) is 3.59. The van der Waals surface area contributed by atoms with E-state index >= 15 is 0 Å². The van der Waals surface area contributed by atoms with Gasteiger partial charge < -0.3 is 10.3 Å². The molecule has 1 heterocycles. The summed E-state index contributed by atoms with van der Waals surface area (Å²) in [7, 11) is 0. The van der Waals surface area contributed by atoms with Gasteiger partial charge in [-0.25, -0.2) is 4.98 Å². The molecule has 2 aromatic rings. The minimum Gasteiger partial charge on any atom is -0.369 e. The van der Waals surface area contributed by atoms with Crippen molar-refractivity contribution in [3.63, 3.8) is 0 Å². The number of aryl methyl sites for hydroxylation is 1. The van der Waals surface area contributed by atoms with Gasteiger partial charge in [-0.15, -0.1) is 0 Å². The zero-order chi connectivity index (χ0) is 12.6. The number of nitrogens with zero attached hydrogens (tertiary/aromatic N) is 2. The molecule has 92 valence electrons. The van der Waals surface area contributed by atoms with Crippen LogP contribution >= 0.6 is 11.6 Å². The average molecular weight is 264 g/mol. The summed E-state index contributed by atoms with van der Waals surface area (Å²) in [6.07, 6.45) is -5.20. The van der Waals surface area contributed by atoms with Crippen LogP contribution in [0.1, 0.15) is 6.42 Å². The number of nitrogens with two attached hydrogens (primary N) is 1. The van der Waals surface area contributed by atoms with E-state index in [9.17, 15) is 13.2 Å². The lowest BCUT2D eigenvalue weighted by Gasteiger charge is -2.09.